The van der Waals surface area contributed by atoms with E-state index in [-0.39, 0.29) is 16.6 Å². The normalized spacial score (nSPS) is 12.5. The first-order chi connectivity index (χ1) is 12.3. The molecule has 0 bridgehead atoms. The van der Waals surface area contributed by atoms with Crippen LogP contribution in [0.1, 0.15) is 24.5 Å². The van der Waals surface area contributed by atoms with Crippen molar-refractivity contribution in [3.8, 4) is 11.8 Å². The van der Waals surface area contributed by atoms with E-state index in [1.54, 1.807) is 0 Å². The van der Waals surface area contributed by atoms with Gasteiger partial charge in [0, 0.05) is 18.0 Å². The maximum absolute atomic E-state index is 12.9. The first-order valence-electron chi connectivity index (χ1n) is 7.65. The second-order valence-electron chi connectivity index (χ2n) is 5.61. The van der Waals surface area contributed by atoms with E-state index in [0.717, 1.165) is 22.1 Å². The SMILES string of the molecule is CC(CC#Cc1ccc(Cl)c(C(F)(F)F)c1)Nc1ncnc2sccc12. The van der Waals surface area contributed by atoms with Crippen LogP contribution in [0.3, 0.4) is 0 Å². The van der Waals surface area contributed by atoms with Crippen molar-refractivity contribution in [2.45, 2.75) is 25.6 Å². The third-order valence-electron chi connectivity index (χ3n) is 3.56. The smallest absolute Gasteiger partial charge is 0.366 e. The Balaban J connectivity index is 1.69. The van der Waals surface area contributed by atoms with Gasteiger partial charge in [-0.1, -0.05) is 23.4 Å². The first-order valence-corrected chi connectivity index (χ1v) is 8.90. The summed E-state index contributed by atoms with van der Waals surface area (Å²) in [5.74, 6) is 6.37. The second kappa shape index (κ2) is 7.52. The molecule has 0 fully saturated rings. The van der Waals surface area contributed by atoms with Crippen molar-refractivity contribution in [2.75, 3.05) is 5.32 Å². The zero-order valence-corrected chi connectivity index (χ0v) is 15.1. The Labute approximate surface area is 157 Å². The zero-order valence-electron chi connectivity index (χ0n) is 13.6. The highest BCUT2D eigenvalue weighted by Crippen LogP contribution is 2.35. The number of halogens is 4. The van der Waals surface area contributed by atoms with Crippen molar-refractivity contribution in [1.82, 2.24) is 9.97 Å². The Morgan fingerprint density at radius 3 is 2.85 bits per heavy atom. The number of hydrogen-bond donors (Lipinski definition) is 1. The Bertz CT molecular complexity index is 988. The molecule has 2 aromatic heterocycles. The third kappa shape index (κ3) is 4.26. The minimum absolute atomic E-state index is 0.0325. The first kappa shape index (κ1) is 18.5. The molecule has 0 aliphatic heterocycles. The van der Waals surface area contributed by atoms with Gasteiger partial charge in [0.1, 0.15) is 17.0 Å². The lowest BCUT2D eigenvalue weighted by Gasteiger charge is -2.12. The number of aromatic nitrogens is 2. The van der Waals surface area contributed by atoms with Crippen molar-refractivity contribution in [3.05, 3.63) is 52.1 Å². The molecule has 1 N–H and O–H groups in total. The van der Waals surface area contributed by atoms with Crippen molar-refractivity contribution in [3.63, 3.8) is 0 Å². The fourth-order valence-electron chi connectivity index (χ4n) is 2.32. The summed E-state index contributed by atoms with van der Waals surface area (Å²) in [5.41, 5.74) is -0.603. The van der Waals surface area contributed by atoms with E-state index in [1.165, 1.54) is 29.8 Å². The number of hydrogen-bond acceptors (Lipinski definition) is 4. The van der Waals surface area contributed by atoms with Crippen molar-refractivity contribution in [1.29, 1.82) is 0 Å². The molecule has 0 spiro atoms. The summed E-state index contributed by atoms with van der Waals surface area (Å²) in [6.07, 6.45) is -2.56. The van der Waals surface area contributed by atoms with Crippen LogP contribution >= 0.6 is 22.9 Å². The molecule has 3 aromatic rings. The van der Waals surface area contributed by atoms with E-state index in [1.807, 2.05) is 18.4 Å². The van der Waals surface area contributed by atoms with Crippen LogP contribution in [0.4, 0.5) is 19.0 Å². The summed E-state index contributed by atoms with van der Waals surface area (Å²) in [6.45, 7) is 1.93. The Hall–Kier alpha value is -2.30. The van der Waals surface area contributed by atoms with Crippen molar-refractivity contribution in [2.24, 2.45) is 0 Å². The van der Waals surface area contributed by atoms with Gasteiger partial charge in [0.25, 0.3) is 0 Å². The van der Waals surface area contributed by atoms with Crippen LogP contribution in [0.15, 0.2) is 36.0 Å². The lowest BCUT2D eigenvalue weighted by atomic mass is 10.1. The fourth-order valence-corrected chi connectivity index (χ4v) is 3.27. The number of benzene rings is 1. The van der Waals surface area contributed by atoms with Gasteiger partial charge in [-0.2, -0.15) is 13.2 Å². The molecule has 1 unspecified atom stereocenters. The number of alkyl halides is 3. The zero-order chi connectivity index (χ0) is 18.7. The molecule has 8 heteroatoms. The molecular weight excluding hydrogens is 383 g/mol. The molecular formula is C18H13ClF3N3S. The highest BCUT2D eigenvalue weighted by Gasteiger charge is 2.33. The molecule has 2 heterocycles. The lowest BCUT2D eigenvalue weighted by molar-refractivity contribution is -0.137. The van der Waals surface area contributed by atoms with Gasteiger partial charge in [0.2, 0.25) is 0 Å². The van der Waals surface area contributed by atoms with Crippen LogP contribution in [-0.2, 0) is 6.18 Å². The summed E-state index contributed by atoms with van der Waals surface area (Å²) < 4.78 is 38.6. The van der Waals surface area contributed by atoms with Crippen LogP contribution in [0.2, 0.25) is 5.02 Å². The van der Waals surface area contributed by atoms with Gasteiger partial charge in [-0.3, -0.25) is 0 Å². The molecule has 0 amide bonds. The van der Waals surface area contributed by atoms with Crippen LogP contribution in [0.25, 0.3) is 10.2 Å². The Kier molecular flexibility index (Phi) is 5.35. The van der Waals surface area contributed by atoms with E-state index < -0.39 is 11.7 Å². The monoisotopic (exact) mass is 395 g/mol. The molecule has 3 nitrogen and oxygen atoms in total. The highest BCUT2D eigenvalue weighted by molar-refractivity contribution is 7.16. The van der Waals surface area contributed by atoms with Crippen molar-refractivity contribution < 1.29 is 13.2 Å². The van der Waals surface area contributed by atoms with Crippen LogP contribution in [0, 0.1) is 11.8 Å². The molecule has 0 radical (unpaired) electrons. The van der Waals surface area contributed by atoms with Gasteiger partial charge in [-0.25, -0.2) is 9.97 Å². The standard InChI is InChI=1S/C18H13ClF3N3S/c1-11(25-16-13-7-8-26-17(13)24-10-23-16)3-2-4-12-5-6-15(19)14(9-12)18(20,21)22/h5-11H,3H2,1H3,(H,23,24,25). The summed E-state index contributed by atoms with van der Waals surface area (Å²) in [6, 6.07) is 5.56. The van der Waals surface area contributed by atoms with Gasteiger partial charge < -0.3 is 5.32 Å². The number of fused-ring (bicyclic) bond motifs is 1. The maximum Gasteiger partial charge on any atom is 0.417 e. The van der Waals surface area contributed by atoms with Crippen LogP contribution in [0.5, 0.6) is 0 Å². The van der Waals surface area contributed by atoms with E-state index in [2.05, 4.69) is 27.1 Å². The quantitative estimate of drug-likeness (QED) is 0.586. The number of nitrogens with one attached hydrogen (secondary N) is 1. The minimum atomic E-state index is -4.50. The molecule has 1 aromatic carbocycles. The second-order valence-corrected chi connectivity index (χ2v) is 6.91. The average Bonchev–Trinajstić information content (AvgIpc) is 3.05. The predicted molar refractivity (Wildman–Crippen MR) is 98.4 cm³/mol. The average molecular weight is 396 g/mol. The highest BCUT2D eigenvalue weighted by atomic mass is 35.5. The molecule has 3 rings (SSSR count). The van der Waals surface area contributed by atoms with Crippen LogP contribution in [-0.4, -0.2) is 16.0 Å². The summed E-state index contributed by atoms with van der Waals surface area (Å²) in [5, 5.41) is 5.80. The summed E-state index contributed by atoms with van der Waals surface area (Å²) in [4.78, 5) is 9.30. The fraction of sp³-hybridized carbons (Fsp3) is 0.222. The number of thiophene rings is 1. The maximum atomic E-state index is 12.9. The van der Waals surface area contributed by atoms with E-state index >= 15 is 0 Å². The predicted octanol–water partition coefficient (Wildman–Crippen LogP) is 5.61. The summed E-state index contributed by atoms with van der Waals surface area (Å²) in [7, 11) is 0. The minimum Gasteiger partial charge on any atom is -0.366 e. The van der Waals surface area contributed by atoms with Gasteiger partial charge in [-0.05, 0) is 36.6 Å². The largest absolute Gasteiger partial charge is 0.417 e. The number of anilines is 1. The molecule has 134 valence electrons. The lowest BCUT2D eigenvalue weighted by Crippen LogP contribution is -2.15. The number of rotatable bonds is 3. The van der Waals surface area contributed by atoms with Crippen molar-refractivity contribution >= 4 is 39.0 Å². The van der Waals surface area contributed by atoms with E-state index in [4.69, 9.17) is 11.6 Å². The Morgan fingerprint density at radius 1 is 1.27 bits per heavy atom. The number of nitrogens with zero attached hydrogens (tertiary/aromatic N) is 2. The molecule has 0 saturated carbocycles. The van der Waals surface area contributed by atoms with E-state index in [0.29, 0.717) is 6.42 Å². The molecule has 1 atom stereocenters. The summed E-state index contributed by atoms with van der Waals surface area (Å²) >= 11 is 7.13. The van der Waals surface area contributed by atoms with Crippen LogP contribution < -0.4 is 5.32 Å². The molecule has 0 saturated heterocycles. The van der Waals surface area contributed by atoms with E-state index in [9.17, 15) is 13.2 Å². The van der Waals surface area contributed by atoms with Gasteiger partial charge in [0.05, 0.1) is 16.0 Å². The molecule has 0 aliphatic carbocycles. The van der Waals surface area contributed by atoms with Gasteiger partial charge in [0.15, 0.2) is 0 Å². The Morgan fingerprint density at radius 2 is 2.08 bits per heavy atom. The third-order valence-corrected chi connectivity index (χ3v) is 4.71. The molecule has 26 heavy (non-hydrogen) atoms. The van der Waals surface area contributed by atoms with Gasteiger partial charge >= 0.3 is 6.18 Å². The molecule has 0 aliphatic rings. The topological polar surface area (TPSA) is 37.8 Å². The van der Waals surface area contributed by atoms with Gasteiger partial charge in [-0.15, -0.1) is 11.3 Å².